The first-order chi connectivity index (χ1) is 13.4. The maximum atomic E-state index is 13.7. The van der Waals surface area contributed by atoms with E-state index >= 15 is 0 Å². The summed E-state index contributed by atoms with van der Waals surface area (Å²) in [6, 6.07) is 6.54. The van der Waals surface area contributed by atoms with Crippen molar-refractivity contribution in [3.05, 3.63) is 47.7 Å². The van der Waals surface area contributed by atoms with E-state index in [9.17, 15) is 18.0 Å². The van der Waals surface area contributed by atoms with E-state index in [4.69, 9.17) is 4.74 Å². The van der Waals surface area contributed by atoms with Gasteiger partial charge in [0.05, 0.1) is 18.3 Å². The highest BCUT2D eigenvalue weighted by molar-refractivity contribution is 5.98. The van der Waals surface area contributed by atoms with Crippen molar-refractivity contribution in [3.8, 4) is 0 Å². The number of aromatic nitrogens is 2. The topological polar surface area (TPSA) is 68.2 Å². The average Bonchev–Trinajstić information content (AvgIpc) is 3.35. The Hall–Kier alpha value is -2.55. The molecule has 0 unspecified atom stereocenters. The van der Waals surface area contributed by atoms with Crippen molar-refractivity contribution in [3.63, 3.8) is 0 Å². The van der Waals surface area contributed by atoms with Crippen molar-refractivity contribution in [2.45, 2.75) is 43.6 Å². The van der Waals surface area contributed by atoms with Crippen LogP contribution in [0.15, 0.2) is 36.5 Å². The molecule has 0 aliphatic carbocycles. The van der Waals surface area contributed by atoms with Gasteiger partial charge in [0.15, 0.2) is 6.04 Å². The van der Waals surface area contributed by atoms with Crippen LogP contribution in [0.5, 0.6) is 0 Å². The van der Waals surface area contributed by atoms with Gasteiger partial charge in [-0.25, -0.2) is 4.68 Å². The summed E-state index contributed by atoms with van der Waals surface area (Å²) in [5, 5.41) is 9.70. The van der Waals surface area contributed by atoms with Gasteiger partial charge in [-0.1, -0.05) is 30.3 Å². The lowest BCUT2D eigenvalue weighted by atomic mass is 9.96. The molecule has 3 heterocycles. The van der Waals surface area contributed by atoms with Gasteiger partial charge in [0.2, 0.25) is 0 Å². The largest absolute Gasteiger partial charge is 0.410 e. The van der Waals surface area contributed by atoms with Crippen LogP contribution in [0.2, 0.25) is 0 Å². The summed E-state index contributed by atoms with van der Waals surface area (Å²) in [5.74, 6) is -0.369. The summed E-state index contributed by atoms with van der Waals surface area (Å²) in [7, 11) is 0. The Labute approximate surface area is 160 Å². The Morgan fingerprint density at radius 2 is 2.11 bits per heavy atom. The number of ether oxygens (including phenoxy) is 1. The van der Waals surface area contributed by atoms with Gasteiger partial charge in [0.1, 0.15) is 11.4 Å². The highest BCUT2D eigenvalue weighted by atomic mass is 19.4. The minimum absolute atomic E-state index is 0.0525. The Morgan fingerprint density at radius 3 is 2.79 bits per heavy atom. The van der Waals surface area contributed by atoms with Gasteiger partial charge in [-0.15, -0.1) is 0 Å². The molecule has 1 aromatic heterocycles. The van der Waals surface area contributed by atoms with Crippen molar-refractivity contribution >= 4 is 11.7 Å². The normalized spacial score (nSPS) is 24.5. The molecule has 2 aliphatic rings. The van der Waals surface area contributed by atoms with Crippen LogP contribution in [0, 0.1) is 0 Å². The van der Waals surface area contributed by atoms with Crippen LogP contribution >= 0.6 is 0 Å². The molecule has 2 aliphatic heterocycles. The Kier molecular flexibility index (Phi) is 5.01. The third-order valence-corrected chi connectivity index (χ3v) is 5.20. The number of rotatable bonds is 4. The number of nitrogens with one attached hydrogen (secondary N) is 2. The third kappa shape index (κ3) is 3.71. The summed E-state index contributed by atoms with van der Waals surface area (Å²) in [6.45, 7) is 0.992. The summed E-state index contributed by atoms with van der Waals surface area (Å²) in [5.41, 5.74) is 0.836. The molecule has 2 N–H and O–H groups in total. The van der Waals surface area contributed by atoms with Gasteiger partial charge >= 0.3 is 6.18 Å². The molecule has 9 heteroatoms. The minimum Gasteiger partial charge on any atom is -0.376 e. The fraction of sp³-hybridized carbons (Fsp3) is 0.474. The van der Waals surface area contributed by atoms with Gasteiger partial charge in [-0.05, 0) is 18.4 Å². The van der Waals surface area contributed by atoms with Gasteiger partial charge in [-0.3, -0.25) is 4.79 Å². The number of carbonyl (C=O) groups excluding carboxylic acids is 1. The summed E-state index contributed by atoms with van der Waals surface area (Å²) >= 11 is 0. The van der Waals surface area contributed by atoms with Crippen LogP contribution in [-0.4, -0.2) is 41.1 Å². The van der Waals surface area contributed by atoms with Gasteiger partial charge in [0, 0.05) is 19.6 Å². The lowest BCUT2D eigenvalue weighted by molar-refractivity contribution is -0.173. The standard InChI is InChI=1S/C19H21F3N4O2/c20-19(21,22)16-9-15(12-5-2-1-3-6-12)25-17-14(11-24-26(16)17)18(27)23-10-13-7-4-8-28-13/h1-3,5-6,11,13,15-16,25H,4,7-10H2,(H,23,27)/t13-,15-,16-/m0/s1. The van der Waals surface area contributed by atoms with E-state index in [-0.39, 0.29) is 23.9 Å². The monoisotopic (exact) mass is 394 g/mol. The van der Waals surface area contributed by atoms with Crippen molar-refractivity contribution in [2.24, 2.45) is 0 Å². The predicted molar refractivity (Wildman–Crippen MR) is 96.0 cm³/mol. The molecule has 3 atom stereocenters. The Morgan fingerprint density at radius 1 is 1.32 bits per heavy atom. The quantitative estimate of drug-likeness (QED) is 0.834. The number of anilines is 1. The van der Waals surface area contributed by atoms with Crippen LogP contribution in [-0.2, 0) is 4.74 Å². The first-order valence-electron chi connectivity index (χ1n) is 9.29. The molecule has 6 nitrogen and oxygen atoms in total. The van der Waals surface area contributed by atoms with Crippen molar-refractivity contribution in [1.29, 1.82) is 0 Å². The molecule has 28 heavy (non-hydrogen) atoms. The van der Waals surface area contributed by atoms with E-state index in [1.54, 1.807) is 24.3 Å². The summed E-state index contributed by atoms with van der Waals surface area (Å²) in [6.07, 6.45) is -1.73. The molecule has 1 aromatic carbocycles. The zero-order chi connectivity index (χ0) is 19.7. The maximum Gasteiger partial charge on any atom is 0.410 e. The zero-order valence-corrected chi connectivity index (χ0v) is 15.1. The Balaban J connectivity index is 1.60. The van der Waals surface area contributed by atoms with Crippen LogP contribution in [0.4, 0.5) is 19.0 Å². The molecule has 0 saturated carbocycles. The van der Waals surface area contributed by atoms with Crippen molar-refractivity contribution in [1.82, 2.24) is 15.1 Å². The molecule has 0 radical (unpaired) electrons. The number of fused-ring (bicyclic) bond motifs is 1. The number of hydrogen-bond acceptors (Lipinski definition) is 4. The van der Waals surface area contributed by atoms with E-state index in [2.05, 4.69) is 15.7 Å². The fourth-order valence-electron chi connectivity index (χ4n) is 3.74. The maximum absolute atomic E-state index is 13.7. The number of nitrogens with zero attached hydrogens (tertiary/aromatic N) is 2. The second kappa shape index (κ2) is 7.46. The smallest absolute Gasteiger partial charge is 0.376 e. The number of carbonyl (C=O) groups is 1. The molecular formula is C19H21F3N4O2. The highest BCUT2D eigenvalue weighted by Gasteiger charge is 2.47. The highest BCUT2D eigenvalue weighted by Crippen LogP contribution is 2.44. The second-order valence-corrected chi connectivity index (χ2v) is 7.10. The molecule has 0 spiro atoms. The SMILES string of the molecule is O=C(NC[C@@H]1CCCO1)c1cnn2c1N[C@H](c1ccccc1)C[C@H]2C(F)(F)F. The molecule has 150 valence electrons. The Bertz CT molecular complexity index is 831. The van der Waals surface area contributed by atoms with Crippen LogP contribution in [0.3, 0.4) is 0 Å². The van der Waals surface area contributed by atoms with E-state index in [0.29, 0.717) is 13.2 Å². The summed E-state index contributed by atoms with van der Waals surface area (Å²) < 4.78 is 47.3. The van der Waals surface area contributed by atoms with Crippen molar-refractivity contribution in [2.75, 3.05) is 18.5 Å². The van der Waals surface area contributed by atoms with E-state index in [1.807, 2.05) is 6.07 Å². The van der Waals surface area contributed by atoms with E-state index in [0.717, 1.165) is 23.1 Å². The van der Waals surface area contributed by atoms with Crippen LogP contribution < -0.4 is 10.6 Å². The molecular weight excluding hydrogens is 373 g/mol. The van der Waals surface area contributed by atoms with Gasteiger partial charge in [0.25, 0.3) is 5.91 Å². The lowest BCUT2D eigenvalue weighted by Gasteiger charge is -2.34. The van der Waals surface area contributed by atoms with Crippen LogP contribution in [0.1, 0.15) is 47.3 Å². The second-order valence-electron chi connectivity index (χ2n) is 7.10. The molecule has 1 fully saturated rings. The number of hydrogen-bond donors (Lipinski definition) is 2. The third-order valence-electron chi connectivity index (χ3n) is 5.20. The minimum atomic E-state index is -4.47. The lowest BCUT2D eigenvalue weighted by Crippen LogP contribution is -2.37. The number of amides is 1. The summed E-state index contributed by atoms with van der Waals surface area (Å²) in [4.78, 5) is 12.6. The van der Waals surface area contributed by atoms with Crippen LogP contribution in [0.25, 0.3) is 0 Å². The van der Waals surface area contributed by atoms with Gasteiger partial charge < -0.3 is 15.4 Å². The van der Waals surface area contributed by atoms with Gasteiger partial charge in [-0.2, -0.15) is 18.3 Å². The van der Waals surface area contributed by atoms with E-state index < -0.39 is 24.2 Å². The van der Waals surface area contributed by atoms with E-state index in [1.165, 1.54) is 6.20 Å². The molecule has 1 saturated heterocycles. The molecule has 0 bridgehead atoms. The first kappa shape index (κ1) is 18.8. The first-order valence-corrected chi connectivity index (χ1v) is 9.29. The number of benzene rings is 1. The zero-order valence-electron chi connectivity index (χ0n) is 15.1. The molecule has 4 rings (SSSR count). The molecule has 2 aromatic rings. The predicted octanol–water partition coefficient (Wildman–Crippen LogP) is 3.45. The molecule has 1 amide bonds. The average molecular weight is 394 g/mol. The number of alkyl halides is 3. The van der Waals surface area contributed by atoms with Crippen molar-refractivity contribution < 1.29 is 22.7 Å². The number of halogens is 3. The fourth-order valence-corrected chi connectivity index (χ4v) is 3.74.